The second-order valence-electron chi connectivity index (χ2n) is 3.20. The first-order chi connectivity index (χ1) is 7.42. The number of hydrogen-bond acceptors (Lipinski definition) is 5. The minimum atomic E-state index is -3.69. The zero-order chi connectivity index (χ0) is 12.2. The highest BCUT2D eigenvalue weighted by molar-refractivity contribution is 7.85. The SMILES string of the molecule is Cc1cccc(/C(C#N)=N/OS(C)(=O)=O)c1. The number of hydrogen-bond donors (Lipinski definition) is 0. The van der Waals surface area contributed by atoms with Crippen LogP contribution in [0.15, 0.2) is 29.4 Å². The van der Waals surface area contributed by atoms with Gasteiger partial charge in [0, 0.05) is 5.56 Å². The van der Waals surface area contributed by atoms with Crippen LogP contribution in [0.4, 0.5) is 0 Å². The van der Waals surface area contributed by atoms with Gasteiger partial charge in [0.1, 0.15) is 6.07 Å². The highest BCUT2D eigenvalue weighted by atomic mass is 32.2. The normalized spacial score (nSPS) is 11.9. The number of nitrogens with zero attached hydrogens (tertiary/aromatic N) is 2. The van der Waals surface area contributed by atoms with Crippen LogP contribution in [0.5, 0.6) is 0 Å². The first kappa shape index (κ1) is 12.2. The highest BCUT2D eigenvalue weighted by Gasteiger charge is 2.06. The fraction of sp³-hybridized carbons (Fsp3) is 0.200. The van der Waals surface area contributed by atoms with E-state index in [0.29, 0.717) is 5.56 Å². The van der Waals surface area contributed by atoms with E-state index in [1.807, 2.05) is 13.0 Å². The maximum Gasteiger partial charge on any atom is 0.325 e. The van der Waals surface area contributed by atoms with Gasteiger partial charge in [-0.1, -0.05) is 28.9 Å². The molecular weight excluding hydrogens is 228 g/mol. The summed E-state index contributed by atoms with van der Waals surface area (Å²) in [6.45, 7) is 1.86. The molecule has 0 saturated carbocycles. The largest absolute Gasteiger partial charge is 0.325 e. The van der Waals surface area contributed by atoms with Crippen LogP contribution in [0.1, 0.15) is 11.1 Å². The van der Waals surface area contributed by atoms with Crippen molar-refractivity contribution in [3.05, 3.63) is 35.4 Å². The molecule has 0 bridgehead atoms. The standard InChI is InChI=1S/C10H10N2O3S/c1-8-4-3-5-9(6-8)10(7-11)12-15-16(2,13)14/h3-6H,1-2H3/b12-10+. The van der Waals surface area contributed by atoms with E-state index in [-0.39, 0.29) is 5.71 Å². The Balaban J connectivity index is 3.05. The van der Waals surface area contributed by atoms with Crippen LogP contribution in [0.2, 0.25) is 0 Å². The predicted octanol–water partition coefficient (Wildman–Crippen LogP) is 1.20. The second kappa shape index (κ2) is 4.77. The molecule has 0 spiro atoms. The minimum absolute atomic E-state index is 0.0749. The highest BCUT2D eigenvalue weighted by Crippen LogP contribution is 2.06. The van der Waals surface area contributed by atoms with E-state index in [1.54, 1.807) is 24.3 Å². The van der Waals surface area contributed by atoms with E-state index >= 15 is 0 Å². The molecular formula is C10H10N2O3S. The average molecular weight is 238 g/mol. The molecule has 0 N–H and O–H groups in total. The summed E-state index contributed by atoms with van der Waals surface area (Å²) in [6, 6.07) is 8.75. The molecule has 0 heterocycles. The second-order valence-corrected chi connectivity index (χ2v) is 4.76. The first-order valence-electron chi connectivity index (χ1n) is 4.36. The Kier molecular flexibility index (Phi) is 3.64. The Labute approximate surface area is 94.1 Å². The van der Waals surface area contributed by atoms with Gasteiger partial charge in [-0.15, -0.1) is 0 Å². The lowest BCUT2D eigenvalue weighted by atomic mass is 10.1. The van der Waals surface area contributed by atoms with Gasteiger partial charge in [0.25, 0.3) is 0 Å². The van der Waals surface area contributed by atoms with E-state index < -0.39 is 10.1 Å². The van der Waals surface area contributed by atoms with Gasteiger partial charge in [-0.25, -0.2) is 0 Å². The van der Waals surface area contributed by atoms with Crippen LogP contribution in [-0.4, -0.2) is 20.4 Å². The third-order valence-electron chi connectivity index (χ3n) is 1.66. The number of aryl methyl sites for hydroxylation is 1. The Bertz CT molecular complexity index is 556. The number of nitriles is 1. The predicted molar refractivity (Wildman–Crippen MR) is 59.3 cm³/mol. The van der Waals surface area contributed by atoms with Crippen molar-refractivity contribution in [1.29, 1.82) is 5.26 Å². The van der Waals surface area contributed by atoms with Crippen LogP contribution < -0.4 is 0 Å². The summed E-state index contributed by atoms with van der Waals surface area (Å²) in [6.07, 6.45) is 0.863. The van der Waals surface area contributed by atoms with E-state index in [1.165, 1.54) is 0 Å². The van der Waals surface area contributed by atoms with Crippen molar-refractivity contribution >= 4 is 15.8 Å². The molecule has 0 fully saturated rings. The topological polar surface area (TPSA) is 79.5 Å². The molecule has 0 atom stereocenters. The van der Waals surface area contributed by atoms with Crippen LogP contribution in [-0.2, 0) is 14.4 Å². The molecule has 0 amide bonds. The van der Waals surface area contributed by atoms with Crippen LogP contribution in [0.3, 0.4) is 0 Å². The zero-order valence-corrected chi connectivity index (χ0v) is 9.65. The average Bonchev–Trinajstić information content (AvgIpc) is 2.17. The molecule has 6 heteroatoms. The molecule has 0 saturated heterocycles. The van der Waals surface area contributed by atoms with Crippen LogP contribution >= 0.6 is 0 Å². The van der Waals surface area contributed by atoms with E-state index in [0.717, 1.165) is 11.8 Å². The molecule has 5 nitrogen and oxygen atoms in total. The lowest BCUT2D eigenvalue weighted by Gasteiger charge is -1.99. The quantitative estimate of drug-likeness (QED) is 0.585. The minimum Gasteiger partial charge on any atom is -0.267 e. The summed E-state index contributed by atoms with van der Waals surface area (Å²) in [5.74, 6) is 0. The lowest BCUT2D eigenvalue weighted by molar-refractivity contribution is 0.344. The molecule has 0 unspecified atom stereocenters. The van der Waals surface area contributed by atoms with Gasteiger partial charge in [-0.3, -0.25) is 4.28 Å². The lowest BCUT2D eigenvalue weighted by Crippen LogP contribution is -2.03. The molecule has 1 aromatic carbocycles. The molecule has 0 radical (unpaired) electrons. The van der Waals surface area contributed by atoms with Crippen molar-refractivity contribution in [2.75, 3.05) is 6.26 Å². The van der Waals surface area contributed by atoms with Gasteiger partial charge in [-0.2, -0.15) is 13.7 Å². The summed E-state index contributed by atoms with van der Waals surface area (Å²) in [5.41, 5.74) is 1.39. The molecule has 1 aromatic rings. The van der Waals surface area contributed by atoms with Crippen molar-refractivity contribution in [2.24, 2.45) is 5.16 Å². The smallest absolute Gasteiger partial charge is 0.267 e. The summed E-state index contributed by atoms with van der Waals surface area (Å²) in [7, 11) is -3.69. The van der Waals surface area contributed by atoms with E-state index in [4.69, 9.17) is 5.26 Å². The van der Waals surface area contributed by atoms with Crippen molar-refractivity contribution in [1.82, 2.24) is 0 Å². The summed E-state index contributed by atoms with van der Waals surface area (Å²) in [5, 5.41) is 12.1. The van der Waals surface area contributed by atoms with E-state index in [2.05, 4.69) is 9.44 Å². The molecule has 0 aliphatic carbocycles. The van der Waals surface area contributed by atoms with Gasteiger partial charge < -0.3 is 0 Å². The van der Waals surface area contributed by atoms with Gasteiger partial charge in [0.2, 0.25) is 0 Å². The molecule has 1 rings (SSSR count). The zero-order valence-electron chi connectivity index (χ0n) is 8.84. The first-order valence-corrected chi connectivity index (χ1v) is 6.18. The number of rotatable bonds is 3. The molecule has 0 aliphatic rings. The summed E-state index contributed by atoms with van der Waals surface area (Å²) in [4.78, 5) is 0. The molecule has 0 aliphatic heterocycles. The maximum absolute atomic E-state index is 10.7. The van der Waals surface area contributed by atoms with Gasteiger partial charge in [0.15, 0.2) is 5.71 Å². The maximum atomic E-state index is 10.7. The molecule has 0 aromatic heterocycles. The molecule has 84 valence electrons. The molecule has 16 heavy (non-hydrogen) atoms. The number of benzene rings is 1. The van der Waals surface area contributed by atoms with Crippen molar-refractivity contribution in [3.8, 4) is 6.07 Å². The van der Waals surface area contributed by atoms with Gasteiger partial charge in [0.05, 0.1) is 6.26 Å². The fourth-order valence-electron chi connectivity index (χ4n) is 1.03. The van der Waals surface area contributed by atoms with Crippen molar-refractivity contribution in [2.45, 2.75) is 6.92 Å². The van der Waals surface area contributed by atoms with Gasteiger partial charge in [-0.05, 0) is 13.0 Å². The third-order valence-corrected chi connectivity index (χ3v) is 2.01. The third kappa shape index (κ3) is 3.71. The summed E-state index contributed by atoms with van der Waals surface area (Å²) < 4.78 is 25.6. The van der Waals surface area contributed by atoms with E-state index in [9.17, 15) is 8.42 Å². The van der Waals surface area contributed by atoms with Crippen LogP contribution in [0.25, 0.3) is 0 Å². The number of oxime groups is 1. The Morgan fingerprint density at radius 2 is 2.19 bits per heavy atom. The Morgan fingerprint density at radius 1 is 1.50 bits per heavy atom. The van der Waals surface area contributed by atoms with Crippen molar-refractivity contribution in [3.63, 3.8) is 0 Å². The Morgan fingerprint density at radius 3 is 2.69 bits per heavy atom. The fourth-order valence-corrected chi connectivity index (χ4v) is 1.24. The van der Waals surface area contributed by atoms with Crippen LogP contribution in [0, 0.1) is 18.3 Å². The monoisotopic (exact) mass is 238 g/mol. The van der Waals surface area contributed by atoms with Crippen molar-refractivity contribution < 1.29 is 12.7 Å². The van der Waals surface area contributed by atoms with Gasteiger partial charge >= 0.3 is 10.1 Å². The summed E-state index contributed by atoms with van der Waals surface area (Å²) >= 11 is 0. The Hall–Kier alpha value is -1.87.